The van der Waals surface area contributed by atoms with Crippen LogP contribution in [-0.2, 0) is 0 Å². The highest BCUT2D eigenvalue weighted by molar-refractivity contribution is 6.07. The second kappa shape index (κ2) is 4.17. The van der Waals surface area contributed by atoms with Crippen molar-refractivity contribution in [1.82, 2.24) is 0 Å². The van der Waals surface area contributed by atoms with E-state index in [0.717, 1.165) is 18.2 Å². The number of hydrogen-bond acceptors (Lipinski definition) is 4. The van der Waals surface area contributed by atoms with Crippen LogP contribution in [0.1, 0.15) is 16.1 Å². The van der Waals surface area contributed by atoms with E-state index >= 15 is 0 Å². The summed E-state index contributed by atoms with van der Waals surface area (Å²) in [5.41, 5.74) is 0.204. The van der Waals surface area contributed by atoms with E-state index in [4.69, 9.17) is 4.42 Å². The SMILES string of the molecule is O=C(c1ccc(F)cc1)c1ccc([N+](=O)[O-])o1. The minimum absolute atomic E-state index is 0.150. The second-order valence-electron chi connectivity index (χ2n) is 3.23. The molecule has 0 radical (unpaired) electrons. The van der Waals surface area contributed by atoms with Gasteiger partial charge in [-0.1, -0.05) is 0 Å². The van der Waals surface area contributed by atoms with Gasteiger partial charge in [-0.3, -0.25) is 14.9 Å². The number of rotatable bonds is 3. The molecule has 0 fully saturated rings. The average molecular weight is 235 g/mol. The first kappa shape index (κ1) is 11.0. The van der Waals surface area contributed by atoms with Gasteiger partial charge in [-0.15, -0.1) is 0 Å². The first-order valence-electron chi connectivity index (χ1n) is 4.62. The molecule has 0 saturated heterocycles. The summed E-state index contributed by atoms with van der Waals surface area (Å²) < 4.78 is 17.4. The lowest BCUT2D eigenvalue weighted by molar-refractivity contribution is -0.402. The summed E-state index contributed by atoms with van der Waals surface area (Å²) in [5, 5.41) is 10.4. The summed E-state index contributed by atoms with van der Waals surface area (Å²) in [6, 6.07) is 7.13. The first-order chi connectivity index (χ1) is 8.08. The van der Waals surface area contributed by atoms with Crippen LogP contribution >= 0.6 is 0 Å². The number of benzene rings is 1. The smallest absolute Gasteiger partial charge is 0.397 e. The summed E-state index contributed by atoms with van der Waals surface area (Å²) in [6.07, 6.45) is 0. The normalized spacial score (nSPS) is 10.2. The summed E-state index contributed by atoms with van der Waals surface area (Å²) in [4.78, 5) is 21.4. The van der Waals surface area contributed by atoms with E-state index in [2.05, 4.69) is 0 Å². The first-order valence-corrected chi connectivity index (χ1v) is 4.62. The number of ketones is 1. The van der Waals surface area contributed by atoms with Crippen LogP contribution in [0.3, 0.4) is 0 Å². The number of carbonyl (C=O) groups excluding carboxylic acids is 1. The zero-order valence-corrected chi connectivity index (χ0v) is 8.42. The molecule has 1 aromatic heterocycles. The Kier molecular flexibility index (Phi) is 2.70. The maximum absolute atomic E-state index is 12.6. The molecule has 0 amide bonds. The molecule has 0 unspecified atom stereocenters. The number of carbonyl (C=O) groups is 1. The third kappa shape index (κ3) is 2.20. The molecule has 6 heteroatoms. The van der Waals surface area contributed by atoms with Crippen LogP contribution in [0.25, 0.3) is 0 Å². The van der Waals surface area contributed by atoms with Crippen molar-refractivity contribution in [3.8, 4) is 0 Å². The molecule has 5 nitrogen and oxygen atoms in total. The Hall–Kier alpha value is -2.50. The van der Waals surface area contributed by atoms with E-state index in [9.17, 15) is 19.3 Å². The largest absolute Gasteiger partial charge is 0.433 e. The molecule has 2 aromatic rings. The van der Waals surface area contributed by atoms with Gasteiger partial charge < -0.3 is 4.42 Å². The van der Waals surface area contributed by atoms with E-state index in [1.165, 1.54) is 18.2 Å². The van der Waals surface area contributed by atoms with Crippen molar-refractivity contribution < 1.29 is 18.5 Å². The molecule has 1 heterocycles. The van der Waals surface area contributed by atoms with Gasteiger partial charge in [0.1, 0.15) is 10.7 Å². The quantitative estimate of drug-likeness (QED) is 0.465. The molecule has 0 N–H and O–H groups in total. The summed E-state index contributed by atoms with van der Waals surface area (Å²) >= 11 is 0. The van der Waals surface area contributed by atoms with Crippen LogP contribution in [0.5, 0.6) is 0 Å². The number of nitrogens with zero attached hydrogens (tertiary/aromatic N) is 1. The van der Waals surface area contributed by atoms with Gasteiger partial charge in [-0.25, -0.2) is 4.39 Å². The topological polar surface area (TPSA) is 73.3 Å². The molecule has 0 aliphatic heterocycles. The second-order valence-corrected chi connectivity index (χ2v) is 3.23. The summed E-state index contributed by atoms with van der Waals surface area (Å²) in [6.45, 7) is 0. The fourth-order valence-electron chi connectivity index (χ4n) is 1.29. The zero-order valence-electron chi connectivity index (χ0n) is 8.42. The Morgan fingerprint density at radius 3 is 2.35 bits per heavy atom. The lowest BCUT2D eigenvalue weighted by atomic mass is 10.1. The lowest BCUT2D eigenvalue weighted by Crippen LogP contribution is -1.99. The molecule has 17 heavy (non-hydrogen) atoms. The fraction of sp³-hybridized carbons (Fsp3) is 0. The van der Waals surface area contributed by atoms with Gasteiger partial charge in [-0.2, -0.15) is 0 Å². The Morgan fingerprint density at radius 2 is 1.82 bits per heavy atom. The minimum atomic E-state index is -0.735. The van der Waals surface area contributed by atoms with Crippen molar-refractivity contribution >= 4 is 11.7 Å². The Morgan fingerprint density at radius 1 is 1.18 bits per heavy atom. The van der Waals surface area contributed by atoms with Gasteiger partial charge in [0.25, 0.3) is 0 Å². The molecule has 0 atom stereocenters. The lowest BCUT2D eigenvalue weighted by Gasteiger charge is -1.96. The average Bonchev–Trinajstić information content (AvgIpc) is 2.78. The van der Waals surface area contributed by atoms with Gasteiger partial charge in [-0.05, 0) is 30.3 Å². The molecule has 0 bridgehead atoms. The van der Waals surface area contributed by atoms with E-state index in [1.807, 2.05) is 0 Å². The Balaban J connectivity index is 2.30. The van der Waals surface area contributed by atoms with Crippen molar-refractivity contribution in [3.63, 3.8) is 0 Å². The summed E-state index contributed by atoms with van der Waals surface area (Å²) in [5.74, 6) is -1.65. The zero-order chi connectivity index (χ0) is 12.4. The molecule has 86 valence electrons. The predicted molar refractivity (Wildman–Crippen MR) is 55.2 cm³/mol. The van der Waals surface area contributed by atoms with E-state index < -0.39 is 22.4 Å². The van der Waals surface area contributed by atoms with Crippen LogP contribution < -0.4 is 0 Å². The van der Waals surface area contributed by atoms with Gasteiger partial charge in [0, 0.05) is 5.56 Å². The van der Waals surface area contributed by atoms with Crippen molar-refractivity contribution in [1.29, 1.82) is 0 Å². The Labute approximate surface area is 94.6 Å². The number of nitro groups is 1. The number of hydrogen-bond donors (Lipinski definition) is 0. The highest BCUT2D eigenvalue weighted by Crippen LogP contribution is 2.18. The monoisotopic (exact) mass is 235 g/mol. The maximum Gasteiger partial charge on any atom is 0.433 e. The minimum Gasteiger partial charge on any atom is -0.397 e. The van der Waals surface area contributed by atoms with Gasteiger partial charge in [0.2, 0.25) is 5.78 Å². The molecule has 0 saturated carbocycles. The van der Waals surface area contributed by atoms with E-state index in [0.29, 0.717) is 0 Å². The van der Waals surface area contributed by atoms with Crippen molar-refractivity contribution in [2.75, 3.05) is 0 Å². The standard InChI is InChI=1S/C11H6FNO4/c12-8-3-1-7(2-4-8)11(14)9-5-6-10(17-9)13(15)16/h1-6H. The van der Waals surface area contributed by atoms with Crippen LogP contribution in [0.4, 0.5) is 10.3 Å². The molecule has 1 aromatic carbocycles. The molecular formula is C11H6FNO4. The van der Waals surface area contributed by atoms with Crippen LogP contribution in [0.2, 0.25) is 0 Å². The van der Waals surface area contributed by atoms with Gasteiger partial charge in [0.15, 0.2) is 5.76 Å². The van der Waals surface area contributed by atoms with Crippen molar-refractivity contribution in [3.05, 3.63) is 63.7 Å². The van der Waals surface area contributed by atoms with E-state index in [-0.39, 0.29) is 11.3 Å². The molecule has 0 aliphatic rings. The van der Waals surface area contributed by atoms with Crippen LogP contribution in [0.15, 0.2) is 40.8 Å². The maximum atomic E-state index is 12.6. The molecular weight excluding hydrogens is 229 g/mol. The van der Waals surface area contributed by atoms with Crippen LogP contribution in [-0.4, -0.2) is 10.7 Å². The van der Waals surface area contributed by atoms with Crippen LogP contribution in [0, 0.1) is 15.9 Å². The van der Waals surface area contributed by atoms with E-state index in [1.54, 1.807) is 0 Å². The molecule has 0 spiro atoms. The van der Waals surface area contributed by atoms with Crippen molar-refractivity contribution in [2.24, 2.45) is 0 Å². The highest BCUT2D eigenvalue weighted by atomic mass is 19.1. The fourth-order valence-corrected chi connectivity index (χ4v) is 1.29. The Bertz CT molecular complexity index is 573. The third-order valence-electron chi connectivity index (χ3n) is 2.10. The molecule has 2 rings (SSSR count). The van der Waals surface area contributed by atoms with Gasteiger partial charge >= 0.3 is 5.88 Å². The highest BCUT2D eigenvalue weighted by Gasteiger charge is 2.18. The number of halogens is 1. The van der Waals surface area contributed by atoms with Gasteiger partial charge in [0.05, 0.1) is 6.07 Å². The molecule has 0 aliphatic carbocycles. The predicted octanol–water partition coefficient (Wildman–Crippen LogP) is 2.56. The number of furan rings is 1. The third-order valence-corrected chi connectivity index (χ3v) is 2.10. The van der Waals surface area contributed by atoms with Crippen molar-refractivity contribution in [2.45, 2.75) is 0 Å². The summed E-state index contributed by atoms with van der Waals surface area (Å²) in [7, 11) is 0.